The van der Waals surface area contributed by atoms with E-state index >= 15 is 0 Å². The Balaban J connectivity index is 0.000000149. The molecule has 2 radical (unpaired) electrons. The summed E-state index contributed by atoms with van der Waals surface area (Å²) < 4.78 is 0. The average molecular weight is 251 g/mol. The Bertz CT molecular complexity index is 222. The molecule has 0 aromatic rings. The summed E-state index contributed by atoms with van der Waals surface area (Å²) in [7, 11) is 0. The maximum absolute atomic E-state index is 4.27. The fourth-order valence-corrected chi connectivity index (χ4v) is 3.85. The van der Waals surface area contributed by atoms with Gasteiger partial charge in [-0.05, 0) is 19.3 Å². The van der Waals surface area contributed by atoms with Crippen LogP contribution in [0, 0.1) is 5.92 Å². The third-order valence-corrected chi connectivity index (χ3v) is 5.39. The van der Waals surface area contributed by atoms with Crippen molar-refractivity contribution in [3.8, 4) is 0 Å². The van der Waals surface area contributed by atoms with Crippen molar-refractivity contribution in [2.75, 3.05) is 26.2 Å². The van der Waals surface area contributed by atoms with Crippen molar-refractivity contribution in [1.29, 1.82) is 0 Å². The number of fused-ring (bicyclic) bond motifs is 1. The van der Waals surface area contributed by atoms with Gasteiger partial charge in [-0.15, -0.1) is 0 Å². The van der Waals surface area contributed by atoms with Crippen LogP contribution >= 0.6 is 0 Å². The molecular weight excluding hydrogens is 220 g/mol. The van der Waals surface area contributed by atoms with Crippen molar-refractivity contribution < 1.29 is 0 Å². The molecule has 2 atom stereocenters. The van der Waals surface area contributed by atoms with E-state index in [-0.39, 0.29) is 0 Å². The van der Waals surface area contributed by atoms with Gasteiger partial charge in [-0.3, -0.25) is 0 Å². The van der Waals surface area contributed by atoms with Crippen molar-refractivity contribution in [2.45, 2.75) is 70.8 Å². The third-order valence-electron chi connectivity index (χ3n) is 5.39. The number of nitrogens with zero attached hydrogens (tertiary/aromatic N) is 2. The van der Waals surface area contributed by atoms with Gasteiger partial charge >= 0.3 is 0 Å². The molecule has 0 N–H and O–H groups in total. The molecule has 0 aromatic heterocycles. The van der Waals surface area contributed by atoms with E-state index in [4.69, 9.17) is 0 Å². The molecule has 104 valence electrons. The number of rotatable bonds is 2. The number of hydrogen-bond donors (Lipinski definition) is 0. The first kappa shape index (κ1) is 14.3. The van der Waals surface area contributed by atoms with Crippen LogP contribution in [0.2, 0.25) is 0 Å². The van der Waals surface area contributed by atoms with Gasteiger partial charge in [0.05, 0.1) is 6.42 Å². The Morgan fingerprint density at radius 1 is 1.00 bits per heavy atom. The van der Waals surface area contributed by atoms with E-state index in [0.29, 0.717) is 5.54 Å². The summed E-state index contributed by atoms with van der Waals surface area (Å²) in [6, 6.07) is 0. The molecule has 18 heavy (non-hydrogen) atoms. The minimum atomic E-state index is 0.675. The van der Waals surface area contributed by atoms with Crippen LogP contribution < -0.4 is 10.2 Å². The second-order valence-corrected chi connectivity index (χ2v) is 6.34. The van der Waals surface area contributed by atoms with Gasteiger partial charge in [-0.1, -0.05) is 26.7 Å². The van der Waals surface area contributed by atoms with Crippen molar-refractivity contribution in [1.82, 2.24) is 10.2 Å². The van der Waals surface area contributed by atoms with Gasteiger partial charge in [-0.25, -0.2) is 5.32 Å². The van der Waals surface area contributed by atoms with Crippen LogP contribution in [-0.2, 0) is 0 Å². The van der Waals surface area contributed by atoms with Gasteiger partial charge in [0.25, 0.3) is 0 Å². The fraction of sp³-hybridized carbons (Fsp3) is 1.00. The van der Waals surface area contributed by atoms with E-state index in [0.717, 1.165) is 19.0 Å². The molecule has 3 fully saturated rings. The van der Waals surface area contributed by atoms with Crippen LogP contribution in [0.15, 0.2) is 0 Å². The van der Waals surface area contributed by atoms with Crippen LogP contribution in [0.4, 0.5) is 0 Å². The van der Waals surface area contributed by atoms with E-state index in [1.807, 2.05) is 0 Å². The molecule has 3 rings (SSSR count). The van der Waals surface area contributed by atoms with E-state index in [1.165, 1.54) is 64.5 Å². The molecule has 3 saturated heterocycles. The first-order valence-electron chi connectivity index (χ1n) is 8.18. The van der Waals surface area contributed by atoms with Crippen molar-refractivity contribution in [2.24, 2.45) is 5.92 Å². The number of hydrogen-bond acceptors (Lipinski definition) is 1. The zero-order chi connectivity index (χ0) is 12.8. The van der Waals surface area contributed by atoms with E-state index in [1.54, 1.807) is 0 Å². The van der Waals surface area contributed by atoms with Crippen molar-refractivity contribution in [3.63, 3.8) is 0 Å². The molecule has 0 spiro atoms. The highest BCUT2D eigenvalue weighted by atomic mass is 15.3. The first-order chi connectivity index (χ1) is 8.79. The zero-order valence-corrected chi connectivity index (χ0v) is 12.5. The van der Waals surface area contributed by atoms with Gasteiger partial charge in [-0.2, -0.15) is 4.90 Å². The molecule has 3 aliphatic heterocycles. The summed E-state index contributed by atoms with van der Waals surface area (Å²) in [5.74, 6) is 0.929. The maximum Gasteiger partial charge on any atom is 0.151 e. The predicted octanol–water partition coefficient (Wildman–Crippen LogP) is 3.27. The lowest BCUT2D eigenvalue weighted by Gasteiger charge is -2.42. The van der Waals surface area contributed by atoms with Crippen LogP contribution in [0.25, 0.3) is 0 Å². The largest absolute Gasteiger partial charge is 0.242 e. The van der Waals surface area contributed by atoms with Crippen molar-refractivity contribution in [3.05, 3.63) is 0 Å². The predicted molar refractivity (Wildman–Crippen MR) is 78.2 cm³/mol. The average Bonchev–Trinajstić information content (AvgIpc) is 2.63. The Morgan fingerprint density at radius 2 is 1.72 bits per heavy atom. The molecule has 0 saturated carbocycles. The smallest absolute Gasteiger partial charge is 0.151 e. The van der Waals surface area contributed by atoms with Gasteiger partial charge in [0.15, 0.2) is 5.54 Å². The zero-order valence-electron chi connectivity index (χ0n) is 12.5. The summed E-state index contributed by atoms with van der Waals surface area (Å²) in [6.45, 7) is 9.76. The van der Waals surface area contributed by atoms with Gasteiger partial charge in [0.2, 0.25) is 0 Å². The summed E-state index contributed by atoms with van der Waals surface area (Å²) in [5.41, 5.74) is 0.675. The molecule has 3 aliphatic rings. The van der Waals surface area contributed by atoms with Crippen LogP contribution in [0.1, 0.15) is 65.2 Å². The van der Waals surface area contributed by atoms with E-state index in [2.05, 4.69) is 24.1 Å². The highest BCUT2D eigenvalue weighted by molar-refractivity contribution is 5.09. The summed E-state index contributed by atoms with van der Waals surface area (Å²) >= 11 is 0. The first-order valence-corrected chi connectivity index (χ1v) is 8.18. The van der Waals surface area contributed by atoms with Crippen LogP contribution in [0.5, 0.6) is 0 Å². The molecule has 0 bridgehead atoms. The summed E-state index contributed by atoms with van der Waals surface area (Å²) in [5, 5.41) is 4.27. The van der Waals surface area contributed by atoms with E-state index < -0.39 is 0 Å². The van der Waals surface area contributed by atoms with Crippen LogP contribution in [0.3, 0.4) is 0 Å². The third kappa shape index (κ3) is 3.08. The molecule has 0 amide bonds. The van der Waals surface area contributed by atoms with Gasteiger partial charge in [0.1, 0.15) is 13.1 Å². The highest BCUT2D eigenvalue weighted by Gasteiger charge is 2.59. The van der Waals surface area contributed by atoms with Gasteiger partial charge in [0, 0.05) is 31.8 Å². The summed E-state index contributed by atoms with van der Waals surface area (Å²) in [6.07, 6.45) is 11.2. The highest BCUT2D eigenvalue weighted by Crippen LogP contribution is 2.44. The summed E-state index contributed by atoms with van der Waals surface area (Å²) in [4.78, 5) is 2.71. The Hall–Kier alpha value is -0.0800. The maximum atomic E-state index is 4.27. The Morgan fingerprint density at radius 3 is 2.22 bits per heavy atom. The normalized spacial score (nSPS) is 33.7. The SMILES string of the molecule is C1CCC[N]CC1.CCC(C)C12CCC[N+]1CC2. The molecule has 0 aromatic carbocycles. The van der Waals surface area contributed by atoms with Crippen LogP contribution in [-0.4, -0.2) is 31.7 Å². The molecule has 2 unspecified atom stereocenters. The lowest BCUT2D eigenvalue weighted by atomic mass is 9.73. The van der Waals surface area contributed by atoms with Crippen molar-refractivity contribution >= 4 is 0 Å². The monoisotopic (exact) mass is 251 g/mol. The molecule has 2 nitrogen and oxygen atoms in total. The molecule has 2 heteroatoms. The standard InChI is InChI=1S/C10H19N.C6H12N/c1-3-9(2)10-5-4-7-11(10)8-6-10;1-2-4-6-7-5-3-1/h9H,3-8H2,1-2H3;1-6H2/q+1;. The molecular formula is C16H31N2+. The molecule has 3 heterocycles. The molecule has 0 aliphatic carbocycles. The van der Waals surface area contributed by atoms with E-state index in [9.17, 15) is 0 Å². The second kappa shape index (κ2) is 6.91. The topological polar surface area (TPSA) is 20.0 Å². The van der Waals surface area contributed by atoms with Gasteiger partial charge < -0.3 is 0 Å². The second-order valence-electron chi connectivity index (χ2n) is 6.34. The minimum Gasteiger partial charge on any atom is -0.242 e. The lowest BCUT2D eigenvalue weighted by molar-refractivity contribution is 0.0608. The Kier molecular flexibility index (Phi) is 5.50. The lowest BCUT2D eigenvalue weighted by Crippen LogP contribution is -2.63. The Labute approximate surface area is 114 Å². The minimum absolute atomic E-state index is 0.675. The quantitative estimate of drug-likeness (QED) is 0.671. The fourth-order valence-electron chi connectivity index (χ4n) is 3.85.